The maximum absolute atomic E-state index is 12.0. The molecule has 0 radical (unpaired) electrons. The molecule has 0 saturated carbocycles. The quantitative estimate of drug-likeness (QED) is 0.798. The Balaban J connectivity index is 2.03. The number of thiophene rings is 1. The zero-order valence-electron chi connectivity index (χ0n) is 9.74. The van der Waals surface area contributed by atoms with Crippen LogP contribution in [-0.4, -0.2) is 15.6 Å². The van der Waals surface area contributed by atoms with E-state index in [9.17, 15) is 4.79 Å². The predicted octanol–water partition coefficient (Wildman–Crippen LogP) is 3.26. The number of aryl methyl sites for hydroxylation is 3. The number of hydrogen-bond donors (Lipinski definition) is 0. The van der Waals surface area contributed by atoms with Crippen molar-refractivity contribution in [3.05, 3.63) is 38.8 Å². The number of halogens is 1. The van der Waals surface area contributed by atoms with Gasteiger partial charge in [-0.25, -0.2) is 0 Å². The van der Waals surface area contributed by atoms with E-state index in [2.05, 4.69) is 5.10 Å². The summed E-state index contributed by atoms with van der Waals surface area (Å²) in [6.07, 6.45) is 2.91. The molecule has 2 heterocycles. The number of Topliss-reactive ketones (excluding diaryl/α,β-unsaturated/α-hetero) is 1. The SMILES string of the molecule is Cc1csc(C(=O)CCc2ccnn2C)c1Cl. The molecular formula is C12H13ClN2OS. The van der Waals surface area contributed by atoms with Crippen molar-refractivity contribution in [2.45, 2.75) is 19.8 Å². The molecule has 0 aliphatic rings. The van der Waals surface area contributed by atoms with Gasteiger partial charge in [-0.05, 0) is 30.4 Å². The standard InChI is InChI=1S/C12H13ClN2OS/c1-8-7-17-12(11(8)13)10(16)4-3-9-5-6-14-15(9)2/h5-7H,3-4H2,1-2H3. The minimum atomic E-state index is 0.106. The normalized spacial score (nSPS) is 10.8. The van der Waals surface area contributed by atoms with Gasteiger partial charge in [0.05, 0.1) is 9.90 Å². The van der Waals surface area contributed by atoms with Crippen molar-refractivity contribution in [3.63, 3.8) is 0 Å². The maximum Gasteiger partial charge on any atom is 0.174 e. The fourth-order valence-electron chi connectivity index (χ4n) is 1.62. The van der Waals surface area contributed by atoms with E-state index in [1.807, 2.05) is 25.4 Å². The Morgan fingerprint density at radius 2 is 2.35 bits per heavy atom. The van der Waals surface area contributed by atoms with Gasteiger partial charge in [-0.2, -0.15) is 5.10 Å². The number of carbonyl (C=O) groups is 1. The molecule has 3 nitrogen and oxygen atoms in total. The summed E-state index contributed by atoms with van der Waals surface area (Å²) in [7, 11) is 1.88. The van der Waals surface area contributed by atoms with Crippen LogP contribution >= 0.6 is 22.9 Å². The molecule has 0 N–H and O–H groups in total. The van der Waals surface area contributed by atoms with Crippen molar-refractivity contribution in [3.8, 4) is 0 Å². The lowest BCUT2D eigenvalue weighted by Gasteiger charge is -2.01. The summed E-state index contributed by atoms with van der Waals surface area (Å²) < 4.78 is 1.79. The summed E-state index contributed by atoms with van der Waals surface area (Å²) >= 11 is 7.49. The smallest absolute Gasteiger partial charge is 0.174 e. The number of hydrogen-bond acceptors (Lipinski definition) is 3. The van der Waals surface area contributed by atoms with E-state index in [0.717, 1.165) is 11.3 Å². The van der Waals surface area contributed by atoms with Gasteiger partial charge in [0.15, 0.2) is 5.78 Å². The molecule has 2 aromatic rings. The van der Waals surface area contributed by atoms with E-state index in [4.69, 9.17) is 11.6 Å². The van der Waals surface area contributed by atoms with E-state index in [0.29, 0.717) is 22.7 Å². The summed E-state index contributed by atoms with van der Waals surface area (Å²) in [4.78, 5) is 12.7. The average Bonchev–Trinajstić information content (AvgIpc) is 2.84. The first kappa shape index (κ1) is 12.3. The van der Waals surface area contributed by atoms with E-state index in [1.54, 1.807) is 10.9 Å². The summed E-state index contributed by atoms with van der Waals surface area (Å²) in [6.45, 7) is 1.91. The molecule has 0 amide bonds. The molecule has 0 aromatic carbocycles. The fourth-order valence-corrected chi connectivity index (χ4v) is 2.89. The lowest BCUT2D eigenvalue weighted by molar-refractivity contribution is 0.0986. The first-order valence-corrected chi connectivity index (χ1v) is 6.59. The van der Waals surface area contributed by atoms with Crippen LogP contribution in [0.2, 0.25) is 5.02 Å². The van der Waals surface area contributed by atoms with Gasteiger partial charge in [-0.3, -0.25) is 9.48 Å². The molecule has 0 fully saturated rings. The Morgan fingerprint density at radius 3 is 2.88 bits per heavy atom. The van der Waals surface area contributed by atoms with E-state index in [-0.39, 0.29) is 5.78 Å². The molecule has 0 spiro atoms. The molecule has 0 aliphatic carbocycles. The van der Waals surface area contributed by atoms with Crippen LogP contribution < -0.4 is 0 Å². The number of aromatic nitrogens is 2. The average molecular weight is 269 g/mol. The first-order chi connectivity index (χ1) is 8.09. The van der Waals surface area contributed by atoms with Crippen molar-refractivity contribution in [1.82, 2.24) is 9.78 Å². The number of carbonyl (C=O) groups excluding carboxylic acids is 1. The Morgan fingerprint density at radius 1 is 1.59 bits per heavy atom. The molecule has 90 valence electrons. The molecule has 0 atom stereocenters. The molecule has 2 aromatic heterocycles. The van der Waals surface area contributed by atoms with Crippen LogP contribution in [0.25, 0.3) is 0 Å². The van der Waals surface area contributed by atoms with Gasteiger partial charge < -0.3 is 0 Å². The van der Waals surface area contributed by atoms with Gasteiger partial charge in [-0.15, -0.1) is 11.3 Å². The van der Waals surface area contributed by atoms with E-state index >= 15 is 0 Å². The van der Waals surface area contributed by atoms with Gasteiger partial charge in [0.1, 0.15) is 0 Å². The number of nitrogens with zero attached hydrogens (tertiary/aromatic N) is 2. The fraction of sp³-hybridized carbons (Fsp3) is 0.333. The van der Waals surface area contributed by atoms with Crippen LogP contribution in [0.1, 0.15) is 27.3 Å². The summed E-state index contributed by atoms with van der Waals surface area (Å²) in [5.41, 5.74) is 2.03. The number of ketones is 1. The number of rotatable bonds is 4. The third-order valence-corrected chi connectivity index (χ3v) is 4.42. The predicted molar refractivity (Wildman–Crippen MR) is 69.9 cm³/mol. The summed E-state index contributed by atoms with van der Waals surface area (Å²) in [6, 6.07) is 1.93. The van der Waals surface area contributed by atoms with Crippen LogP contribution in [-0.2, 0) is 13.5 Å². The van der Waals surface area contributed by atoms with Crippen LogP contribution in [0, 0.1) is 6.92 Å². The zero-order valence-corrected chi connectivity index (χ0v) is 11.3. The monoisotopic (exact) mass is 268 g/mol. The maximum atomic E-state index is 12.0. The van der Waals surface area contributed by atoms with Crippen molar-refractivity contribution in [2.24, 2.45) is 7.05 Å². The lowest BCUT2D eigenvalue weighted by Crippen LogP contribution is -2.03. The van der Waals surface area contributed by atoms with Gasteiger partial charge in [0.25, 0.3) is 0 Å². The van der Waals surface area contributed by atoms with Crippen molar-refractivity contribution in [1.29, 1.82) is 0 Å². The summed E-state index contributed by atoms with van der Waals surface area (Å²) in [5, 5.41) is 6.59. The molecule has 2 rings (SSSR count). The third kappa shape index (κ3) is 2.58. The Bertz CT molecular complexity index is 544. The van der Waals surface area contributed by atoms with E-state index < -0.39 is 0 Å². The largest absolute Gasteiger partial charge is 0.293 e. The minimum absolute atomic E-state index is 0.106. The highest BCUT2D eigenvalue weighted by Gasteiger charge is 2.14. The molecule has 17 heavy (non-hydrogen) atoms. The van der Waals surface area contributed by atoms with Crippen LogP contribution in [0.15, 0.2) is 17.6 Å². The highest BCUT2D eigenvalue weighted by molar-refractivity contribution is 7.13. The second-order valence-electron chi connectivity index (χ2n) is 3.93. The molecule has 0 saturated heterocycles. The molecule has 0 bridgehead atoms. The van der Waals surface area contributed by atoms with E-state index in [1.165, 1.54) is 11.3 Å². The minimum Gasteiger partial charge on any atom is -0.293 e. The van der Waals surface area contributed by atoms with Crippen LogP contribution in [0.3, 0.4) is 0 Å². The van der Waals surface area contributed by atoms with Crippen molar-refractivity contribution >= 4 is 28.7 Å². The van der Waals surface area contributed by atoms with Crippen molar-refractivity contribution < 1.29 is 4.79 Å². The third-order valence-electron chi connectivity index (χ3n) is 2.68. The Kier molecular flexibility index (Phi) is 3.64. The molecule has 0 aliphatic heterocycles. The highest BCUT2D eigenvalue weighted by atomic mass is 35.5. The molecule has 5 heteroatoms. The first-order valence-electron chi connectivity index (χ1n) is 5.33. The van der Waals surface area contributed by atoms with Gasteiger partial charge in [0.2, 0.25) is 0 Å². The zero-order chi connectivity index (χ0) is 12.4. The van der Waals surface area contributed by atoms with Crippen molar-refractivity contribution in [2.75, 3.05) is 0 Å². The molecule has 0 unspecified atom stereocenters. The van der Waals surface area contributed by atoms with Crippen LogP contribution in [0.4, 0.5) is 0 Å². The van der Waals surface area contributed by atoms with Gasteiger partial charge in [0, 0.05) is 25.4 Å². The summed E-state index contributed by atoms with van der Waals surface area (Å²) in [5.74, 6) is 0.106. The molecular weight excluding hydrogens is 256 g/mol. The second-order valence-corrected chi connectivity index (χ2v) is 5.19. The topological polar surface area (TPSA) is 34.9 Å². The van der Waals surface area contributed by atoms with Gasteiger partial charge >= 0.3 is 0 Å². The second kappa shape index (κ2) is 5.02. The van der Waals surface area contributed by atoms with Crippen LogP contribution in [0.5, 0.6) is 0 Å². The lowest BCUT2D eigenvalue weighted by atomic mass is 10.1. The highest BCUT2D eigenvalue weighted by Crippen LogP contribution is 2.28. The Hall–Kier alpha value is -1.13. The Labute approximate surface area is 109 Å². The van der Waals surface area contributed by atoms with Gasteiger partial charge in [-0.1, -0.05) is 11.6 Å².